The van der Waals surface area contributed by atoms with E-state index in [2.05, 4.69) is 44.8 Å². The molecule has 0 aromatic carbocycles. The highest BCUT2D eigenvalue weighted by Crippen LogP contribution is 2.46. The van der Waals surface area contributed by atoms with Crippen molar-refractivity contribution in [2.75, 3.05) is 18.8 Å². The molecule has 2 aromatic rings. The molecule has 2 aliphatic rings. The average Bonchev–Trinajstić information content (AvgIpc) is 2.99. The van der Waals surface area contributed by atoms with Crippen LogP contribution < -0.4 is 0 Å². The maximum Gasteiger partial charge on any atom is 0.0736 e. The van der Waals surface area contributed by atoms with Gasteiger partial charge in [-0.05, 0) is 30.2 Å². The van der Waals surface area contributed by atoms with Crippen LogP contribution >= 0.6 is 11.8 Å². The van der Waals surface area contributed by atoms with Crippen LogP contribution in [0.2, 0.25) is 0 Å². The van der Waals surface area contributed by atoms with Crippen molar-refractivity contribution in [1.29, 1.82) is 0 Å². The molecule has 4 nitrogen and oxygen atoms in total. The molecule has 0 saturated carbocycles. The molecule has 23 heavy (non-hydrogen) atoms. The van der Waals surface area contributed by atoms with Gasteiger partial charge in [-0.25, -0.2) is 0 Å². The van der Waals surface area contributed by atoms with Crippen LogP contribution in [-0.2, 0) is 17.9 Å². The molecule has 0 bridgehead atoms. The van der Waals surface area contributed by atoms with E-state index in [0.717, 1.165) is 43.1 Å². The van der Waals surface area contributed by atoms with Crippen LogP contribution in [0, 0.1) is 0 Å². The summed E-state index contributed by atoms with van der Waals surface area (Å²) in [5.41, 5.74) is 2.32. The van der Waals surface area contributed by atoms with Crippen LogP contribution in [0.25, 0.3) is 0 Å². The number of thioether (sulfide) groups is 1. The summed E-state index contributed by atoms with van der Waals surface area (Å²) in [6.07, 6.45) is 7.09. The molecule has 1 atom stereocenters. The molecule has 2 fully saturated rings. The molecule has 2 aromatic heterocycles. The summed E-state index contributed by atoms with van der Waals surface area (Å²) in [7, 11) is 0. The molecule has 4 rings (SSSR count). The van der Waals surface area contributed by atoms with E-state index >= 15 is 0 Å². The van der Waals surface area contributed by atoms with Crippen molar-refractivity contribution in [2.45, 2.75) is 30.4 Å². The number of hydrogen-bond acceptors (Lipinski definition) is 5. The van der Waals surface area contributed by atoms with Gasteiger partial charge in [0, 0.05) is 48.7 Å². The molecule has 0 N–H and O–H groups in total. The van der Waals surface area contributed by atoms with Crippen molar-refractivity contribution in [3.05, 3.63) is 60.2 Å². The lowest BCUT2D eigenvalue weighted by Gasteiger charge is -2.47. The molecule has 2 saturated heterocycles. The quantitative estimate of drug-likeness (QED) is 0.844. The summed E-state index contributed by atoms with van der Waals surface area (Å²) in [6, 6.07) is 10.2. The highest BCUT2D eigenvalue weighted by atomic mass is 32.2. The molecule has 4 heterocycles. The van der Waals surface area contributed by atoms with Crippen LogP contribution in [0.3, 0.4) is 0 Å². The summed E-state index contributed by atoms with van der Waals surface area (Å²) in [5.74, 6) is 1.11. The van der Waals surface area contributed by atoms with Crippen LogP contribution in [-0.4, -0.2) is 44.6 Å². The first-order valence-electron chi connectivity index (χ1n) is 8.08. The Morgan fingerprint density at radius 1 is 1.22 bits per heavy atom. The lowest BCUT2D eigenvalue weighted by molar-refractivity contribution is 0.0260. The molecule has 0 unspecified atom stereocenters. The fraction of sp³-hybridized carbons (Fsp3) is 0.444. The van der Waals surface area contributed by atoms with Crippen LogP contribution in [0.5, 0.6) is 0 Å². The molecule has 5 heteroatoms. The molecule has 120 valence electrons. The Morgan fingerprint density at radius 2 is 2.17 bits per heavy atom. The van der Waals surface area contributed by atoms with Crippen molar-refractivity contribution in [2.24, 2.45) is 0 Å². The van der Waals surface area contributed by atoms with Gasteiger partial charge in [-0.15, -0.1) is 11.8 Å². The van der Waals surface area contributed by atoms with E-state index in [1.165, 1.54) is 0 Å². The average molecular weight is 327 g/mol. The predicted octanol–water partition coefficient (Wildman–Crippen LogP) is 2.75. The molecule has 0 aliphatic carbocycles. The van der Waals surface area contributed by atoms with Crippen LogP contribution in [0.4, 0.5) is 0 Å². The van der Waals surface area contributed by atoms with Crippen LogP contribution in [0.1, 0.15) is 17.7 Å². The Kier molecular flexibility index (Phi) is 4.33. The molecule has 1 spiro atoms. The number of pyridine rings is 2. The minimum atomic E-state index is 0.372. The van der Waals surface area contributed by atoms with Gasteiger partial charge in [0.2, 0.25) is 0 Å². The first-order chi connectivity index (χ1) is 11.3. The summed E-state index contributed by atoms with van der Waals surface area (Å²) >= 11 is 2.09. The maximum atomic E-state index is 6.08. The third kappa shape index (κ3) is 3.57. The predicted molar refractivity (Wildman–Crippen MR) is 92.1 cm³/mol. The second-order valence-electron chi connectivity index (χ2n) is 6.46. The SMILES string of the molecule is c1ccc(CN2CC3(C[C@H](OCc4cccnc4)CS3)C2)nc1. The first-order valence-corrected chi connectivity index (χ1v) is 9.07. The van der Waals surface area contributed by atoms with Gasteiger partial charge in [0.15, 0.2) is 0 Å². The summed E-state index contributed by atoms with van der Waals surface area (Å²) < 4.78 is 6.49. The van der Waals surface area contributed by atoms with E-state index in [0.29, 0.717) is 17.5 Å². The first kappa shape index (κ1) is 15.1. The van der Waals surface area contributed by atoms with Crippen molar-refractivity contribution in [3.8, 4) is 0 Å². The minimum Gasteiger partial charge on any atom is -0.373 e. The summed E-state index contributed by atoms with van der Waals surface area (Å²) in [4.78, 5) is 11.0. The fourth-order valence-electron chi connectivity index (χ4n) is 3.43. The lowest BCUT2D eigenvalue weighted by Crippen LogP contribution is -2.58. The lowest BCUT2D eigenvalue weighted by atomic mass is 9.93. The maximum absolute atomic E-state index is 6.08. The Balaban J connectivity index is 1.24. The van der Waals surface area contributed by atoms with E-state index in [1.807, 2.05) is 24.5 Å². The molecule has 0 amide bonds. The zero-order valence-corrected chi connectivity index (χ0v) is 13.9. The normalized spacial score (nSPS) is 23.0. The van der Waals surface area contributed by atoms with Gasteiger partial charge in [0.25, 0.3) is 0 Å². The van der Waals surface area contributed by atoms with Gasteiger partial charge in [-0.2, -0.15) is 0 Å². The minimum absolute atomic E-state index is 0.372. The standard InChI is InChI=1S/C18H21N3OS/c1-2-7-20-16(5-1)10-21-13-18(14-21)8-17(12-23-18)22-11-15-4-3-6-19-9-15/h1-7,9,17H,8,10-14H2/t17-/m0/s1. The van der Waals surface area contributed by atoms with E-state index in [-0.39, 0.29) is 0 Å². The van der Waals surface area contributed by atoms with E-state index in [4.69, 9.17) is 4.74 Å². The Hall–Kier alpha value is -1.43. The number of likely N-dealkylation sites (tertiary alicyclic amines) is 1. The van der Waals surface area contributed by atoms with Gasteiger partial charge in [-0.3, -0.25) is 14.9 Å². The third-order valence-electron chi connectivity index (χ3n) is 4.52. The smallest absolute Gasteiger partial charge is 0.0736 e. The third-order valence-corrected chi connectivity index (χ3v) is 6.09. The molecule has 2 aliphatic heterocycles. The van der Waals surface area contributed by atoms with Crippen molar-refractivity contribution >= 4 is 11.8 Å². The topological polar surface area (TPSA) is 38.2 Å². The van der Waals surface area contributed by atoms with E-state index in [1.54, 1.807) is 6.20 Å². The van der Waals surface area contributed by atoms with Crippen LogP contribution in [0.15, 0.2) is 48.9 Å². The van der Waals surface area contributed by atoms with Crippen molar-refractivity contribution in [3.63, 3.8) is 0 Å². The Morgan fingerprint density at radius 3 is 2.96 bits per heavy atom. The zero-order valence-electron chi connectivity index (χ0n) is 13.1. The Bertz CT molecular complexity index is 631. The molecular formula is C18H21N3OS. The second-order valence-corrected chi connectivity index (χ2v) is 7.95. The number of rotatable bonds is 5. The number of hydrogen-bond donors (Lipinski definition) is 0. The van der Waals surface area contributed by atoms with Gasteiger partial charge in [0.1, 0.15) is 0 Å². The second kappa shape index (κ2) is 6.59. The van der Waals surface area contributed by atoms with Crippen molar-refractivity contribution in [1.82, 2.24) is 14.9 Å². The van der Waals surface area contributed by atoms with E-state index < -0.39 is 0 Å². The summed E-state index contributed by atoms with van der Waals surface area (Å²) in [6.45, 7) is 3.94. The zero-order chi connectivity index (χ0) is 15.5. The molecule has 0 radical (unpaired) electrons. The number of nitrogens with zero attached hydrogens (tertiary/aromatic N) is 3. The fourth-order valence-corrected chi connectivity index (χ4v) is 5.03. The van der Waals surface area contributed by atoms with Gasteiger partial charge < -0.3 is 4.74 Å². The van der Waals surface area contributed by atoms with Crippen molar-refractivity contribution < 1.29 is 4.74 Å². The largest absolute Gasteiger partial charge is 0.373 e. The van der Waals surface area contributed by atoms with Gasteiger partial charge in [-0.1, -0.05) is 12.1 Å². The highest BCUT2D eigenvalue weighted by Gasteiger charge is 2.49. The number of aromatic nitrogens is 2. The summed E-state index contributed by atoms with van der Waals surface area (Å²) in [5, 5.41) is 0. The van der Waals surface area contributed by atoms with Gasteiger partial charge >= 0.3 is 0 Å². The highest BCUT2D eigenvalue weighted by molar-refractivity contribution is 8.01. The molecular weight excluding hydrogens is 306 g/mol. The monoisotopic (exact) mass is 327 g/mol. The van der Waals surface area contributed by atoms with Gasteiger partial charge in [0.05, 0.1) is 18.4 Å². The Labute approximate surface area is 141 Å². The van der Waals surface area contributed by atoms with E-state index in [9.17, 15) is 0 Å². The number of ether oxygens (including phenoxy) is 1.